The third kappa shape index (κ3) is 2.92. The summed E-state index contributed by atoms with van der Waals surface area (Å²) in [5.74, 6) is 0. The van der Waals surface area contributed by atoms with Crippen LogP contribution < -0.4 is 10.6 Å². The van der Waals surface area contributed by atoms with Crippen molar-refractivity contribution in [2.45, 2.75) is 0 Å². The molecule has 0 heterocycles. The van der Waals surface area contributed by atoms with Gasteiger partial charge in [-0.25, -0.2) is 0 Å². The van der Waals surface area contributed by atoms with Gasteiger partial charge in [-0.05, 0) is 0 Å². The first-order valence-corrected chi connectivity index (χ1v) is 12.8. The van der Waals surface area contributed by atoms with Crippen LogP contribution in [0, 0.1) is 0 Å². The molecule has 2 aromatic carbocycles. The van der Waals surface area contributed by atoms with E-state index in [-0.39, 0.29) is 0 Å². The summed E-state index contributed by atoms with van der Waals surface area (Å²) in [7, 11) is -0.627. The average molecular weight is 417 g/mol. The van der Waals surface area contributed by atoms with Gasteiger partial charge < -0.3 is 0 Å². The normalized spacial score (nSPS) is 12.6. The van der Waals surface area contributed by atoms with Gasteiger partial charge in [-0.3, -0.25) is 0 Å². The Bertz CT molecular complexity index is 433. The van der Waals surface area contributed by atoms with Gasteiger partial charge in [-0.2, -0.15) is 0 Å². The van der Waals surface area contributed by atoms with E-state index in [1.807, 2.05) is 36.4 Å². The number of hydrogen-bond acceptors (Lipinski definition) is 1. The van der Waals surface area contributed by atoms with E-state index in [9.17, 15) is 4.57 Å². The predicted molar refractivity (Wildman–Crippen MR) is 68.1 cm³/mol. The molecule has 2 rings (SSSR count). The van der Waals surface area contributed by atoms with Crippen molar-refractivity contribution in [1.82, 2.24) is 0 Å². The van der Waals surface area contributed by atoms with Crippen LogP contribution in [0.4, 0.5) is 0 Å². The first kappa shape index (κ1) is 12.3. The molecule has 1 atom stereocenters. The molecular weight excluding hydrogens is 406 g/mol. The van der Waals surface area contributed by atoms with Gasteiger partial charge in [0.2, 0.25) is 0 Å². The second kappa shape index (κ2) is 5.92. The van der Waals surface area contributed by atoms with Crippen LogP contribution in [0.1, 0.15) is 0 Å². The van der Waals surface area contributed by atoms with Crippen molar-refractivity contribution in [2.75, 3.05) is 0 Å². The zero-order valence-electron chi connectivity index (χ0n) is 8.54. The second-order valence-electron chi connectivity index (χ2n) is 3.27. The van der Waals surface area contributed by atoms with E-state index in [2.05, 4.69) is 24.3 Å². The molecule has 2 aromatic rings. The molecule has 0 aliphatic carbocycles. The molecule has 0 saturated heterocycles. The standard InChI is InChI=1S/C12H10OP2.W/c13-14-15(11-7-3-1-4-8-11)12-9-5-2-6-10-12;/h1-10H;/q;-1/p+1. The fourth-order valence-electron chi connectivity index (χ4n) is 1.51. The third-order valence-electron chi connectivity index (χ3n) is 2.21. The van der Waals surface area contributed by atoms with Crippen LogP contribution in [-0.2, 0) is 23.9 Å². The third-order valence-corrected chi connectivity index (χ3v) is 12.8. The molecule has 0 aliphatic rings. The summed E-state index contributed by atoms with van der Waals surface area (Å²) in [6.45, 7) is 0. The summed E-state index contributed by atoms with van der Waals surface area (Å²) in [6, 6.07) is 20.4. The van der Waals surface area contributed by atoms with E-state index in [4.69, 9.17) is 0 Å². The Kier molecular flexibility index (Phi) is 4.53. The molecule has 0 amide bonds. The fourth-order valence-corrected chi connectivity index (χ4v) is 12.2. The van der Waals surface area contributed by atoms with Gasteiger partial charge in [0.05, 0.1) is 0 Å². The number of benzene rings is 2. The molecule has 81 valence electrons. The van der Waals surface area contributed by atoms with Crippen LogP contribution in [0.15, 0.2) is 60.7 Å². The van der Waals surface area contributed by atoms with E-state index in [0.29, 0.717) is 0 Å². The molecule has 0 radical (unpaired) electrons. The Morgan fingerprint density at radius 1 is 0.812 bits per heavy atom. The maximum atomic E-state index is 12.0. The van der Waals surface area contributed by atoms with Crippen LogP contribution >= 0.6 is 13.2 Å². The van der Waals surface area contributed by atoms with Crippen LogP contribution in [0.5, 0.6) is 0 Å². The fraction of sp³-hybridized carbons (Fsp3) is 0. The van der Waals surface area contributed by atoms with Crippen LogP contribution in [0.3, 0.4) is 0 Å². The monoisotopic (exact) mass is 417 g/mol. The summed E-state index contributed by atoms with van der Waals surface area (Å²) in [5, 5.41) is 2.45. The zero-order valence-corrected chi connectivity index (χ0v) is 13.4. The van der Waals surface area contributed by atoms with Crippen molar-refractivity contribution in [2.24, 2.45) is 0 Å². The van der Waals surface area contributed by atoms with Crippen LogP contribution in [0.25, 0.3) is 0 Å². The summed E-state index contributed by atoms with van der Waals surface area (Å²) < 4.78 is 12.0. The molecule has 1 nitrogen and oxygen atoms in total. The Morgan fingerprint density at radius 3 is 1.50 bits per heavy atom. The SMILES string of the molecule is O=[PH]([W])P(c1ccccc1)c1ccccc1. The van der Waals surface area contributed by atoms with E-state index in [0.717, 1.165) is 0 Å². The molecule has 1 unspecified atom stereocenters. The maximum absolute atomic E-state index is 12.0. The molecular formula is C12H11OP2W. The summed E-state index contributed by atoms with van der Waals surface area (Å²) in [4.78, 5) is 0. The van der Waals surface area contributed by atoms with E-state index < -0.39 is 13.2 Å². The summed E-state index contributed by atoms with van der Waals surface area (Å²) >= 11 is 1.22. The van der Waals surface area contributed by atoms with E-state index >= 15 is 0 Å². The molecule has 0 aromatic heterocycles. The zero-order chi connectivity index (χ0) is 11.4. The van der Waals surface area contributed by atoms with Gasteiger partial charge in [0, 0.05) is 0 Å². The van der Waals surface area contributed by atoms with Crippen LogP contribution in [-0.4, -0.2) is 0 Å². The molecule has 0 N–H and O–H groups in total. The first-order valence-electron chi connectivity index (χ1n) is 4.90. The van der Waals surface area contributed by atoms with Crippen molar-refractivity contribution in [3.63, 3.8) is 0 Å². The van der Waals surface area contributed by atoms with Crippen LogP contribution in [0.2, 0.25) is 0 Å². The van der Waals surface area contributed by atoms with E-state index in [1.54, 1.807) is 0 Å². The average Bonchev–Trinajstić information content (AvgIpc) is 2.31. The van der Waals surface area contributed by atoms with Gasteiger partial charge in [-0.15, -0.1) is 0 Å². The minimum absolute atomic E-state index is 0.627. The molecule has 0 aliphatic heterocycles. The van der Waals surface area contributed by atoms with Gasteiger partial charge in [-0.1, -0.05) is 0 Å². The van der Waals surface area contributed by atoms with Crippen molar-refractivity contribution in [3.05, 3.63) is 60.7 Å². The molecule has 0 spiro atoms. The molecule has 0 fully saturated rings. The van der Waals surface area contributed by atoms with Crippen molar-refractivity contribution < 1.29 is 23.9 Å². The van der Waals surface area contributed by atoms with Crippen molar-refractivity contribution in [3.8, 4) is 0 Å². The predicted octanol–water partition coefficient (Wildman–Crippen LogP) is 3.06. The quantitative estimate of drug-likeness (QED) is 0.703. The first-order chi connectivity index (χ1) is 7.79. The second-order valence-corrected chi connectivity index (χ2v) is 15.6. The van der Waals surface area contributed by atoms with Crippen molar-refractivity contribution >= 4 is 23.8 Å². The molecule has 0 saturated carbocycles. The number of rotatable bonds is 3. The topological polar surface area (TPSA) is 17.1 Å². The van der Waals surface area contributed by atoms with Gasteiger partial charge in [0.1, 0.15) is 0 Å². The Morgan fingerprint density at radius 2 is 1.19 bits per heavy atom. The van der Waals surface area contributed by atoms with Gasteiger partial charge in [0.25, 0.3) is 0 Å². The minimum atomic E-state index is -1.48. The van der Waals surface area contributed by atoms with E-state index in [1.165, 1.54) is 29.9 Å². The summed E-state index contributed by atoms with van der Waals surface area (Å²) in [6.07, 6.45) is 0. The summed E-state index contributed by atoms with van der Waals surface area (Å²) in [5.41, 5.74) is -1.48. The Balaban J connectivity index is 2.44. The van der Waals surface area contributed by atoms with Gasteiger partial charge in [0.15, 0.2) is 0 Å². The molecule has 16 heavy (non-hydrogen) atoms. The Labute approximate surface area is 108 Å². The molecule has 0 bridgehead atoms. The number of hydrogen-bond donors (Lipinski definition) is 0. The van der Waals surface area contributed by atoms with Gasteiger partial charge >= 0.3 is 108 Å². The van der Waals surface area contributed by atoms with Crippen molar-refractivity contribution in [1.29, 1.82) is 0 Å². The Hall–Kier alpha value is -0.212. The molecule has 4 heteroatoms.